The lowest BCUT2D eigenvalue weighted by Gasteiger charge is -2.32. The molecule has 0 unspecified atom stereocenters. The van der Waals surface area contributed by atoms with E-state index in [-0.39, 0.29) is 12.4 Å². The molecule has 0 aromatic heterocycles. The topological polar surface area (TPSA) is 37.0 Å². The number of halogens is 1. The molecule has 43 heavy (non-hydrogen) atoms. The Morgan fingerprint density at radius 1 is 0.488 bits per heavy atom. The van der Waals surface area contributed by atoms with E-state index in [1.165, 1.54) is 135 Å². The third-order valence-corrected chi connectivity index (χ3v) is 9.51. The van der Waals surface area contributed by atoms with Crippen molar-refractivity contribution in [2.24, 2.45) is 0 Å². The second-order valence-corrected chi connectivity index (χ2v) is 12.6. The number of nitrogens with zero attached hydrogens (tertiary/aromatic N) is 4. The summed E-state index contributed by atoms with van der Waals surface area (Å²) in [5, 5.41) is 15.6. The number of benzene rings is 4. The van der Waals surface area contributed by atoms with Gasteiger partial charge in [-0.25, -0.2) is 0 Å². The van der Waals surface area contributed by atoms with Gasteiger partial charge in [-0.3, -0.25) is 0 Å². The van der Waals surface area contributed by atoms with Crippen molar-refractivity contribution in [3.8, 4) is 0 Å². The van der Waals surface area contributed by atoms with Crippen molar-refractivity contribution in [1.29, 1.82) is 0 Å². The zero-order valence-corrected chi connectivity index (χ0v) is 27.1. The maximum absolute atomic E-state index is 3.83. The SMILES string of the molecule is CN1CCN(CCCCNc2cc3c4ccccc4c(NCCCCN4CCN(C)CC4)cc3c3ccccc23)CC1.Cl. The van der Waals surface area contributed by atoms with E-state index in [9.17, 15) is 0 Å². The van der Waals surface area contributed by atoms with Gasteiger partial charge in [-0.15, -0.1) is 12.4 Å². The number of hydrogen-bond acceptors (Lipinski definition) is 6. The number of piperazine rings is 2. The molecule has 232 valence electrons. The smallest absolute Gasteiger partial charge is 0.0426 e. The van der Waals surface area contributed by atoms with Gasteiger partial charge in [0.05, 0.1) is 0 Å². The van der Waals surface area contributed by atoms with Gasteiger partial charge in [0.2, 0.25) is 0 Å². The molecule has 0 bridgehead atoms. The lowest BCUT2D eigenvalue weighted by molar-refractivity contribution is 0.152. The molecule has 0 aliphatic carbocycles. The van der Waals surface area contributed by atoms with Crippen LogP contribution in [0.25, 0.3) is 32.3 Å². The largest absolute Gasteiger partial charge is 0.385 e. The molecule has 4 aromatic rings. The van der Waals surface area contributed by atoms with Crippen molar-refractivity contribution in [3.63, 3.8) is 0 Å². The Bertz CT molecular complexity index is 1350. The Hall–Kier alpha value is -2.61. The van der Waals surface area contributed by atoms with E-state index in [2.05, 4.69) is 105 Å². The zero-order valence-electron chi connectivity index (χ0n) is 26.3. The fraction of sp³-hybridized carbons (Fsp3) is 0.500. The summed E-state index contributed by atoms with van der Waals surface area (Å²) in [5.74, 6) is 0. The number of hydrogen-bond donors (Lipinski definition) is 2. The molecule has 0 radical (unpaired) electrons. The van der Waals surface area contributed by atoms with E-state index in [1.807, 2.05) is 0 Å². The van der Waals surface area contributed by atoms with Crippen molar-refractivity contribution >= 4 is 56.1 Å². The van der Waals surface area contributed by atoms with Crippen LogP contribution in [0.15, 0.2) is 60.7 Å². The first-order valence-electron chi connectivity index (χ1n) is 16.3. The van der Waals surface area contributed by atoms with E-state index in [0.717, 1.165) is 13.1 Å². The van der Waals surface area contributed by atoms with E-state index in [4.69, 9.17) is 0 Å². The number of fused-ring (bicyclic) bond motifs is 5. The minimum absolute atomic E-state index is 0. The van der Waals surface area contributed by atoms with Crippen molar-refractivity contribution < 1.29 is 0 Å². The quantitative estimate of drug-likeness (QED) is 0.143. The first-order valence-corrected chi connectivity index (χ1v) is 16.3. The molecule has 0 atom stereocenters. The maximum atomic E-state index is 3.83. The summed E-state index contributed by atoms with van der Waals surface area (Å²) in [5.41, 5.74) is 2.51. The van der Waals surface area contributed by atoms with E-state index in [0.29, 0.717) is 0 Å². The summed E-state index contributed by atoms with van der Waals surface area (Å²) in [6.45, 7) is 14.1. The Balaban J connectivity index is 0.00000368. The molecule has 0 saturated carbocycles. The van der Waals surface area contributed by atoms with E-state index >= 15 is 0 Å². The van der Waals surface area contributed by atoms with Gasteiger partial charge in [-0.2, -0.15) is 0 Å². The second-order valence-electron chi connectivity index (χ2n) is 12.6. The molecule has 2 saturated heterocycles. The highest BCUT2D eigenvalue weighted by Crippen LogP contribution is 2.39. The highest BCUT2D eigenvalue weighted by molar-refractivity contribution is 6.23. The summed E-state index contributed by atoms with van der Waals surface area (Å²) in [4.78, 5) is 10.1. The number of likely N-dealkylation sites (N-methyl/N-ethyl adjacent to an activating group) is 2. The molecule has 6 nitrogen and oxygen atoms in total. The van der Waals surface area contributed by atoms with Crippen molar-refractivity contribution in [1.82, 2.24) is 19.6 Å². The molecule has 2 aliphatic heterocycles. The predicted molar refractivity (Wildman–Crippen MR) is 190 cm³/mol. The summed E-state index contributed by atoms with van der Waals surface area (Å²) in [6.07, 6.45) is 4.87. The molecule has 0 amide bonds. The van der Waals surface area contributed by atoms with Gasteiger partial charge in [0.25, 0.3) is 0 Å². The van der Waals surface area contributed by atoms with Gasteiger partial charge < -0.3 is 30.2 Å². The van der Waals surface area contributed by atoms with Crippen LogP contribution in [-0.4, -0.2) is 112 Å². The minimum Gasteiger partial charge on any atom is -0.385 e. The van der Waals surface area contributed by atoms with Crippen molar-refractivity contribution in [3.05, 3.63) is 60.7 Å². The first kappa shape index (κ1) is 31.8. The van der Waals surface area contributed by atoms with E-state index in [1.54, 1.807) is 0 Å². The van der Waals surface area contributed by atoms with Crippen LogP contribution in [0.1, 0.15) is 25.7 Å². The highest BCUT2D eigenvalue weighted by atomic mass is 35.5. The third-order valence-electron chi connectivity index (χ3n) is 9.51. The number of rotatable bonds is 12. The monoisotopic (exact) mass is 602 g/mol. The molecule has 0 spiro atoms. The summed E-state index contributed by atoms with van der Waals surface area (Å²) in [7, 11) is 4.46. The molecule has 7 heteroatoms. The van der Waals surface area contributed by atoms with Crippen LogP contribution in [0, 0.1) is 0 Å². The molecular weight excluding hydrogens is 552 g/mol. The third kappa shape index (κ3) is 7.92. The van der Waals surface area contributed by atoms with Crippen LogP contribution in [0.4, 0.5) is 11.4 Å². The van der Waals surface area contributed by atoms with Crippen LogP contribution in [-0.2, 0) is 0 Å². The fourth-order valence-corrected chi connectivity index (χ4v) is 6.75. The van der Waals surface area contributed by atoms with Gasteiger partial charge in [-0.1, -0.05) is 48.5 Å². The van der Waals surface area contributed by atoms with Gasteiger partial charge in [0.15, 0.2) is 0 Å². The summed E-state index contributed by atoms with van der Waals surface area (Å²) < 4.78 is 0. The lowest BCUT2D eigenvalue weighted by Crippen LogP contribution is -2.44. The summed E-state index contributed by atoms with van der Waals surface area (Å²) >= 11 is 0. The number of nitrogens with one attached hydrogen (secondary N) is 2. The summed E-state index contributed by atoms with van der Waals surface area (Å²) in [6, 6.07) is 22.7. The fourth-order valence-electron chi connectivity index (χ4n) is 6.75. The average molecular weight is 603 g/mol. The molecule has 4 aromatic carbocycles. The van der Waals surface area contributed by atoms with Gasteiger partial charge in [-0.05, 0) is 86.5 Å². The number of unbranched alkanes of at least 4 members (excludes halogenated alkanes) is 2. The molecule has 6 rings (SSSR count). The molecular formula is C36H51ClN6. The Morgan fingerprint density at radius 2 is 0.860 bits per heavy atom. The van der Waals surface area contributed by atoms with Crippen molar-refractivity contribution in [2.75, 3.05) is 103 Å². The van der Waals surface area contributed by atoms with E-state index < -0.39 is 0 Å². The zero-order chi connectivity index (χ0) is 28.7. The maximum Gasteiger partial charge on any atom is 0.0426 e. The second kappa shape index (κ2) is 15.4. The van der Waals surface area contributed by atoms with Crippen LogP contribution in [0.2, 0.25) is 0 Å². The van der Waals surface area contributed by atoms with Crippen LogP contribution in [0.3, 0.4) is 0 Å². The Kier molecular flexibility index (Phi) is 11.4. The van der Waals surface area contributed by atoms with Crippen LogP contribution >= 0.6 is 12.4 Å². The predicted octanol–water partition coefficient (Wildman–Crippen LogP) is 6.45. The molecule has 2 N–H and O–H groups in total. The Labute approximate surface area is 264 Å². The first-order chi connectivity index (χ1) is 20.7. The lowest BCUT2D eigenvalue weighted by atomic mass is 9.94. The molecule has 2 fully saturated rings. The average Bonchev–Trinajstić information content (AvgIpc) is 3.02. The normalized spacial score (nSPS) is 17.4. The highest BCUT2D eigenvalue weighted by Gasteiger charge is 2.15. The molecule has 2 heterocycles. The Morgan fingerprint density at radius 3 is 1.26 bits per heavy atom. The van der Waals surface area contributed by atoms with Gasteiger partial charge >= 0.3 is 0 Å². The van der Waals surface area contributed by atoms with Crippen LogP contribution < -0.4 is 10.6 Å². The standard InChI is InChI=1S/C36H50N6.ClH/c1-39-19-23-41(24-20-39)17-9-7-15-37-35-27-33-30-12-4-6-14-32(30)36(28-34(33)29-11-3-5-13-31(29)35)38-16-8-10-18-42-25-21-40(2)22-26-42;/h3-6,11-14,27-28,37-38H,7-10,15-26H2,1-2H3;1H. The molecule has 2 aliphatic rings. The number of anilines is 2. The minimum atomic E-state index is 0. The van der Waals surface area contributed by atoms with Crippen LogP contribution in [0.5, 0.6) is 0 Å². The van der Waals surface area contributed by atoms with Gasteiger partial charge in [0, 0.05) is 87.6 Å². The van der Waals surface area contributed by atoms with Crippen molar-refractivity contribution in [2.45, 2.75) is 25.7 Å². The van der Waals surface area contributed by atoms with Gasteiger partial charge in [0.1, 0.15) is 0 Å².